The van der Waals surface area contributed by atoms with Gasteiger partial charge in [0.25, 0.3) is 0 Å². The van der Waals surface area contributed by atoms with Gasteiger partial charge in [0.15, 0.2) is 6.29 Å². The van der Waals surface area contributed by atoms with E-state index >= 15 is 0 Å². The Hall–Kier alpha value is -0.640. The quantitative estimate of drug-likeness (QED) is 0.312. The number of carbonyl (C=O) groups excluding carboxylic acids is 1. The van der Waals surface area contributed by atoms with Crippen LogP contribution < -0.4 is 10.6 Å². The minimum Gasteiger partial charge on any atom is -0.394 e. The molecule has 5 atom stereocenters. The van der Waals surface area contributed by atoms with Gasteiger partial charge < -0.3 is 35.8 Å². The van der Waals surface area contributed by atoms with E-state index in [2.05, 4.69) is 10.6 Å². The fourth-order valence-corrected chi connectivity index (χ4v) is 1.71. The number of aliphatic hydroxyl groups excluding tert-OH is 4. The molecule has 1 rings (SSSR count). The summed E-state index contributed by atoms with van der Waals surface area (Å²) in [6, 6.07) is -1.85. The number of hydrogen-bond acceptors (Lipinski definition) is 6. The van der Waals surface area contributed by atoms with Crippen LogP contribution in [-0.4, -0.2) is 76.1 Å². The van der Waals surface area contributed by atoms with Crippen LogP contribution in [0.25, 0.3) is 0 Å². The van der Waals surface area contributed by atoms with E-state index in [1.165, 1.54) is 0 Å². The van der Waals surface area contributed by atoms with Gasteiger partial charge in [-0.15, -0.1) is 11.6 Å². The predicted molar refractivity (Wildman–Crippen MR) is 61.0 cm³/mol. The molecule has 0 radical (unpaired) electrons. The number of nitrogens with one attached hydrogen (secondary N) is 2. The smallest absolute Gasteiger partial charge is 0.315 e. The number of amides is 2. The Kier molecular flexibility index (Phi) is 6.06. The van der Waals surface area contributed by atoms with Crippen molar-refractivity contribution in [3.8, 4) is 0 Å². The molecule has 1 heterocycles. The molecule has 0 spiro atoms. The second-order valence-corrected chi connectivity index (χ2v) is 4.22. The van der Waals surface area contributed by atoms with E-state index in [1.807, 2.05) is 0 Å². The van der Waals surface area contributed by atoms with Crippen LogP contribution in [0.4, 0.5) is 4.79 Å². The van der Waals surface area contributed by atoms with Gasteiger partial charge in [-0.1, -0.05) is 0 Å². The molecule has 0 saturated carbocycles. The number of hydrogen-bond donors (Lipinski definition) is 6. The molecule has 9 heteroatoms. The molecule has 2 amide bonds. The highest BCUT2D eigenvalue weighted by Crippen LogP contribution is 2.19. The van der Waals surface area contributed by atoms with Crippen LogP contribution in [-0.2, 0) is 4.74 Å². The van der Waals surface area contributed by atoms with Crippen molar-refractivity contribution in [2.75, 3.05) is 19.0 Å². The van der Waals surface area contributed by atoms with Crippen molar-refractivity contribution in [3.63, 3.8) is 0 Å². The third kappa shape index (κ3) is 3.67. The van der Waals surface area contributed by atoms with E-state index in [1.54, 1.807) is 0 Å². The number of urea groups is 1. The number of halogens is 1. The largest absolute Gasteiger partial charge is 0.394 e. The van der Waals surface area contributed by atoms with E-state index in [0.29, 0.717) is 0 Å². The molecule has 0 aromatic rings. The van der Waals surface area contributed by atoms with Crippen LogP contribution >= 0.6 is 11.6 Å². The van der Waals surface area contributed by atoms with Gasteiger partial charge in [-0.25, -0.2) is 4.79 Å². The third-order valence-corrected chi connectivity index (χ3v) is 2.77. The van der Waals surface area contributed by atoms with Crippen molar-refractivity contribution in [1.29, 1.82) is 0 Å². The molecule has 0 aromatic carbocycles. The average Bonchev–Trinajstić information content (AvgIpc) is 2.36. The van der Waals surface area contributed by atoms with Gasteiger partial charge in [-0.05, 0) is 0 Å². The van der Waals surface area contributed by atoms with Gasteiger partial charge in [-0.2, -0.15) is 0 Å². The molecular weight excluding hydrogens is 268 g/mol. The highest BCUT2D eigenvalue weighted by molar-refractivity contribution is 6.18. The molecule has 0 aliphatic carbocycles. The Labute approximate surface area is 109 Å². The van der Waals surface area contributed by atoms with Crippen LogP contribution in [0, 0.1) is 0 Å². The van der Waals surface area contributed by atoms with Gasteiger partial charge in [0.1, 0.15) is 24.4 Å². The maximum atomic E-state index is 11.3. The maximum absolute atomic E-state index is 11.3. The lowest BCUT2D eigenvalue weighted by Crippen LogP contribution is -2.65. The van der Waals surface area contributed by atoms with Crippen molar-refractivity contribution in [2.45, 2.75) is 30.6 Å². The van der Waals surface area contributed by atoms with Crippen LogP contribution in [0.3, 0.4) is 0 Å². The lowest BCUT2D eigenvalue weighted by molar-refractivity contribution is -0.252. The van der Waals surface area contributed by atoms with E-state index in [0.717, 1.165) is 0 Å². The number of ether oxygens (including phenoxy) is 1. The first kappa shape index (κ1) is 15.4. The van der Waals surface area contributed by atoms with Gasteiger partial charge in [0.05, 0.1) is 6.61 Å². The van der Waals surface area contributed by atoms with E-state index in [9.17, 15) is 20.1 Å². The summed E-state index contributed by atoms with van der Waals surface area (Å²) in [6.07, 6.45) is -5.48. The van der Waals surface area contributed by atoms with Gasteiger partial charge in [0.2, 0.25) is 0 Å². The topological polar surface area (TPSA) is 131 Å². The molecule has 0 unspecified atom stereocenters. The Bertz CT molecular complexity index is 282. The highest BCUT2D eigenvalue weighted by Gasteiger charge is 2.44. The zero-order valence-corrected chi connectivity index (χ0v) is 10.2. The zero-order chi connectivity index (χ0) is 13.7. The summed E-state index contributed by atoms with van der Waals surface area (Å²) in [6.45, 7) is -0.338. The predicted octanol–water partition coefficient (Wildman–Crippen LogP) is -2.68. The monoisotopic (exact) mass is 284 g/mol. The van der Waals surface area contributed by atoms with E-state index in [4.69, 9.17) is 21.4 Å². The lowest BCUT2D eigenvalue weighted by atomic mass is 9.97. The molecule has 1 saturated heterocycles. The fraction of sp³-hybridized carbons (Fsp3) is 0.889. The van der Waals surface area contributed by atoms with Crippen molar-refractivity contribution >= 4 is 17.6 Å². The summed E-state index contributed by atoms with van der Waals surface area (Å²) < 4.78 is 4.86. The molecule has 1 aliphatic heterocycles. The summed E-state index contributed by atoms with van der Waals surface area (Å²) in [4.78, 5) is 11.3. The third-order valence-electron chi connectivity index (χ3n) is 2.58. The van der Waals surface area contributed by atoms with Crippen LogP contribution in [0.15, 0.2) is 0 Å². The Morgan fingerprint density at radius 3 is 2.50 bits per heavy atom. The van der Waals surface area contributed by atoms with E-state index < -0.39 is 43.3 Å². The Morgan fingerprint density at radius 2 is 1.94 bits per heavy atom. The average molecular weight is 285 g/mol. The van der Waals surface area contributed by atoms with Crippen LogP contribution in [0.2, 0.25) is 0 Å². The summed E-state index contributed by atoms with van der Waals surface area (Å²) >= 11 is 5.37. The molecule has 18 heavy (non-hydrogen) atoms. The summed E-state index contributed by atoms with van der Waals surface area (Å²) in [5, 5.41) is 42.3. The summed E-state index contributed by atoms with van der Waals surface area (Å²) in [5.74, 6) is 0.217. The first-order valence-electron chi connectivity index (χ1n) is 5.42. The number of rotatable bonds is 4. The number of carbonyl (C=O) groups is 1. The van der Waals surface area contributed by atoms with Crippen molar-refractivity contribution < 1.29 is 30.0 Å². The van der Waals surface area contributed by atoms with Crippen molar-refractivity contribution in [3.05, 3.63) is 0 Å². The lowest BCUT2D eigenvalue weighted by Gasteiger charge is -2.40. The fourth-order valence-electron chi connectivity index (χ4n) is 1.62. The molecule has 0 aromatic heterocycles. The standard InChI is InChI=1S/C9H17ClN2O6/c10-1-2-11-9(17)12-5-7(15)6(14)4(3-13)18-8(5)16/h4-8,13-16H,1-3H2,(H2,11,12,17)/t4-,5+,6+,7-,8-/m1/s1. The summed E-state index contributed by atoms with van der Waals surface area (Å²) in [5.41, 5.74) is 0. The minimum absolute atomic E-state index is 0.217. The SMILES string of the molecule is O=C(NCCCl)N[C@H]1[C@@H](O)[C@@H](O)[C@@H](CO)O[C@H]1O. The van der Waals surface area contributed by atoms with Gasteiger partial charge in [-0.3, -0.25) is 0 Å². The van der Waals surface area contributed by atoms with Gasteiger partial charge >= 0.3 is 6.03 Å². The first-order chi connectivity index (χ1) is 8.51. The van der Waals surface area contributed by atoms with Crippen LogP contribution in [0.1, 0.15) is 0 Å². The minimum atomic E-state index is -1.53. The Morgan fingerprint density at radius 1 is 1.28 bits per heavy atom. The van der Waals surface area contributed by atoms with Crippen molar-refractivity contribution in [2.24, 2.45) is 0 Å². The number of alkyl halides is 1. The molecule has 1 fully saturated rings. The molecule has 106 valence electrons. The molecule has 0 bridgehead atoms. The number of aliphatic hydroxyl groups is 4. The summed E-state index contributed by atoms with van der Waals surface area (Å²) in [7, 11) is 0. The second-order valence-electron chi connectivity index (χ2n) is 3.84. The Balaban J connectivity index is 2.57. The highest BCUT2D eigenvalue weighted by atomic mass is 35.5. The van der Waals surface area contributed by atoms with Crippen molar-refractivity contribution in [1.82, 2.24) is 10.6 Å². The van der Waals surface area contributed by atoms with E-state index in [-0.39, 0.29) is 12.4 Å². The normalized spacial score (nSPS) is 36.2. The molecule has 1 aliphatic rings. The maximum Gasteiger partial charge on any atom is 0.315 e. The first-order valence-corrected chi connectivity index (χ1v) is 5.95. The van der Waals surface area contributed by atoms with Crippen LogP contribution in [0.5, 0.6) is 0 Å². The van der Waals surface area contributed by atoms with Gasteiger partial charge in [0, 0.05) is 12.4 Å². The molecule has 8 nitrogen and oxygen atoms in total. The molecule has 6 N–H and O–H groups in total. The molecular formula is C9H17ClN2O6. The zero-order valence-electron chi connectivity index (χ0n) is 9.49. The second kappa shape index (κ2) is 7.07.